The first-order valence-electron chi connectivity index (χ1n) is 6.38. The monoisotopic (exact) mass is 318 g/mol. The van der Waals surface area contributed by atoms with E-state index >= 15 is 0 Å². The summed E-state index contributed by atoms with van der Waals surface area (Å²) in [5.74, 6) is -1.61. The highest BCUT2D eigenvalue weighted by molar-refractivity contribution is 5.87. The highest BCUT2D eigenvalue weighted by atomic mass is 19.3. The van der Waals surface area contributed by atoms with Crippen LogP contribution >= 0.6 is 0 Å². The first kappa shape index (κ1) is 19.9. The lowest BCUT2D eigenvalue weighted by molar-refractivity contribution is -0.160. The van der Waals surface area contributed by atoms with Crippen molar-refractivity contribution < 1.29 is 27.8 Å². The number of ether oxygens (including phenoxy) is 2. The van der Waals surface area contributed by atoms with Gasteiger partial charge in [-0.25, -0.2) is 4.79 Å². The molecular weight excluding hydrogens is 298 g/mol. The van der Waals surface area contributed by atoms with Crippen LogP contribution in [-0.2, 0) is 19.1 Å². The summed E-state index contributed by atoms with van der Waals surface area (Å²) in [5.41, 5.74) is 5.89. The van der Waals surface area contributed by atoms with E-state index in [1.54, 1.807) is 6.08 Å². The third-order valence-corrected chi connectivity index (χ3v) is 2.38. The number of nitrogens with two attached hydrogens (primary N) is 1. The molecule has 6 nitrogen and oxygen atoms in total. The van der Waals surface area contributed by atoms with Crippen molar-refractivity contribution in [2.75, 3.05) is 13.2 Å². The van der Waals surface area contributed by atoms with Gasteiger partial charge in [-0.3, -0.25) is 4.79 Å². The Morgan fingerprint density at radius 1 is 1.36 bits per heavy atom. The number of hydrogen-bond acceptors (Lipinski definition) is 5. The lowest BCUT2D eigenvalue weighted by atomic mass is 10.2. The van der Waals surface area contributed by atoms with E-state index in [1.807, 2.05) is 0 Å². The third kappa shape index (κ3) is 8.28. The van der Waals surface area contributed by atoms with Gasteiger partial charge in [0.2, 0.25) is 5.91 Å². The van der Waals surface area contributed by atoms with Gasteiger partial charge in [-0.1, -0.05) is 31.4 Å². The van der Waals surface area contributed by atoms with Crippen LogP contribution in [0.5, 0.6) is 0 Å². The molecule has 0 aliphatic heterocycles. The predicted molar refractivity (Wildman–Crippen MR) is 77.0 cm³/mol. The van der Waals surface area contributed by atoms with E-state index in [-0.39, 0.29) is 6.61 Å². The van der Waals surface area contributed by atoms with Crippen molar-refractivity contribution in [3.63, 3.8) is 0 Å². The van der Waals surface area contributed by atoms with E-state index in [2.05, 4.69) is 23.2 Å². The van der Waals surface area contributed by atoms with Crippen LogP contribution in [0.15, 0.2) is 37.0 Å². The average molecular weight is 318 g/mol. The highest BCUT2D eigenvalue weighted by Gasteiger charge is 2.25. The van der Waals surface area contributed by atoms with E-state index in [0.29, 0.717) is 5.57 Å². The molecule has 0 fully saturated rings. The van der Waals surface area contributed by atoms with Crippen LogP contribution in [-0.4, -0.2) is 43.8 Å². The first-order valence-corrected chi connectivity index (χ1v) is 6.38. The number of alkyl halides is 2. The zero-order valence-corrected chi connectivity index (χ0v) is 12.3. The van der Waals surface area contributed by atoms with Crippen molar-refractivity contribution in [3.8, 4) is 0 Å². The van der Waals surface area contributed by atoms with Gasteiger partial charge in [0, 0.05) is 0 Å². The minimum absolute atomic E-state index is 0.145. The summed E-state index contributed by atoms with van der Waals surface area (Å²) in [5, 5.41) is 2.18. The normalized spacial score (nSPS) is 14.1. The van der Waals surface area contributed by atoms with Crippen molar-refractivity contribution in [1.82, 2.24) is 5.32 Å². The minimum atomic E-state index is -3.08. The molecule has 0 heterocycles. The molecule has 8 heteroatoms. The van der Waals surface area contributed by atoms with Crippen LogP contribution in [0, 0.1) is 0 Å². The minimum Gasteiger partial charge on any atom is -0.459 e. The molecule has 0 rings (SSSR count). The zero-order valence-electron chi connectivity index (χ0n) is 12.3. The summed E-state index contributed by atoms with van der Waals surface area (Å²) in [6, 6.07) is -2.30. The molecule has 0 aromatic carbocycles. The fourth-order valence-electron chi connectivity index (χ4n) is 1.22. The molecule has 0 radical (unpaired) electrons. The van der Waals surface area contributed by atoms with E-state index in [9.17, 15) is 18.4 Å². The van der Waals surface area contributed by atoms with E-state index in [4.69, 9.17) is 10.5 Å². The molecule has 22 heavy (non-hydrogen) atoms. The van der Waals surface area contributed by atoms with E-state index < -0.39 is 37.2 Å². The van der Waals surface area contributed by atoms with Gasteiger partial charge in [0.1, 0.15) is 6.61 Å². The Morgan fingerprint density at radius 3 is 2.45 bits per heavy atom. The van der Waals surface area contributed by atoms with Gasteiger partial charge in [0.05, 0.1) is 12.6 Å². The SMILES string of the molecule is C=C/C=C(\C=C)COC(=O)[C@H](COC(F)F)NC(=O)C(C)N. The standard InChI is InChI=1S/C14H20F2N2O4/c1-4-6-10(5-2)7-21-13(20)11(8-22-14(15)16)18-12(19)9(3)17/h4-6,9,11,14H,1-2,7-8,17H2,3H3,(H,18,19)/b10-6+/t9?,11-/m0/s1. The van der Waals surface area contributed by atoms with Crippen LogP contribution < -0.4 is 11.1 Å². The lowest BCUT2D eigenvalue weighted by Gasteiger charge is -2.18. The second-order valence-electron chi connectivity index (χ2n) is 4.23. The number of hydrogen-bond donors (Lipinski definition) is 2. The smallest absolute Gasteiger partial charge is 0.345 e. The summed E-state index contributed by atoms with van der Waals surface area (Å²) in [6.45, 7) is 4.42. The second kappa shape index (κ2) is 10.6. The largest absolute Gasteiger partial charge is 0.459 e. The molecule has 0 bridgehead atoms. The summed E-state index contributed by atoms with van der Waals surface area (Å²) >= 11 is 0. The van der Waals surface area contributed by atoms with E-state index in [1.165, 1.54) is 19.1 Å². The molecule has 1 unspecified atom stereocenters. The number of esters is 1. The maximum atomic E-state index is 12.1. The molecule has 0 saturated heterocycles. The molecule has 0 aliphatic rings. The highest BCUT2D eigenvalue weighted by Crippen LogP contribution is 2.02. The summed E-state index contributed by atoms with van der Waals surface area (Å²) < 4.78 is 33.1. The van der Waals surface area contributed by atoms with Crippen LogP contribution in [0.1, 0.15) is 6.92 Å². The Kier molecular flexibility index (Phi) is 9.64. The molecule has 1 amide bonds. The number of nitrogens with one attached hydrogen (secondary N) is 1. The van der Waals surface area contributed by atoms with Crippen molar-refractivity contribution in [2.45, 2.75) is 25.6 Å². The average Bonchev–Trinajstić information content (AvgIpc) is 2.46. The van der Waals surface area contributed by atoms with Crippen LogP contribution in [0.3, 0.4) is 0 Å². The fourth-order valence-corrected chi connectivity index (χ4v) is 1.22. The number of amides is 1. The Bertz CT molecular complexity index is 437. The Morgan fingerprint density at radius 2 is 2.00 bits per heavy atom. The third-order valence-electron chi connectivity index (χ3n) is 2.38. The molecule has 124 valence electrons. The molecule has 0 aromatic rings. The number of carbonyl (C=O) groups is 2. The van der Waals surface area contributed by atoms with Gasteiger partial charge in [-0.15, -0.1) is 0 Å². The number of carbonyl (C=O) groups excluding carboxylic acids is 2. The van der Waals surface area contributed by atoms with E-state index in [0.717, 1.165) is 0 Å². The van der Waals surface area contributed by atoms with Gasteiger partial charge < -0.3 is 20.5 Å². The maximum Gasteiger partial charge on any atom is 0.345 e. The number of halogens is 2. The van der Waals surface area contributed by atoms with Gasteiger partial charge in [-0.05, 0) is 12.5 Å². The maximum absolute atomic E-state index is 12.1. The van der Waals surface area contributed by atoms with Gasteiger partial charge in [0.25, 0.3) is 0 Å². The molecule has 0 spiro atoms. The topological polar surface area (TPSA) is 90.6 Å². The first-order chi connectivity index (χ1) is 10.3. The second-order valence-corrected chi connectivity index (χ2v) is 4.23. The van der Waals surface area contributed by atoms with Crippen molar-refractivity contribution in [2.24, 2.45) is 5.73 Å². The molecule has 0 saturated carbocycles. The fraction of sp³-hybridized carbons (Fsp3) is 0.429. The van der Waals surface area contributed by atoms with Gasteiger partial charge >= 0.3 is 12.6 Å². The molecule has 3 N–H and O–H groups in total. The quantitative estimate of drug-likeness (QED) is 0.461. The van der Waals surface area contributed by atoms with Crippen LogP contribution in [0.2, 0.25) is 0 Å². The zero-order chi connectivity index (χ0) is 17.1. The summed E-state index contributed by atoms with van der Waals surface area (Å²) in [7, 11) is 0. The molecule has 2 atom stereocenters. The summed E-state index contributed by atoms with van der Waals surface area (Å²) in [4.78, 5) is 23.3. The van der Waals surface area contributed by atoms with Gasteiger partial charge in [0.15, 0.2) is 6.04 Å². The van der Waals surface area contributed by atoms with Gasteiger partial charge in [-0.2, -0.15) is 8.78 Å². The molecule has 0 aromatic heterocycles. The lowest BCUT2D eigenvalue weighted by Crippen LogP contribution is -2.50. The number of rotatable bonds is 10. The molecule has 0 aliphatic carbocycles. The summed E-state index contributed by atoms with van der Waals surface area (Å²) in [6.07, 6.45) is 4.48. The Balaban J connectivity index is 4.73. The Hall–Kier alpha value is -2.06. The molecular formula is C14H20F2N2O4. The predicted octanol–water partition coefficient (Wildman–Crippen LogP) is 0.899. The van der Waals surface area contributed by atoms with Crippen molar-refractivity contribution in [3.05, 3.63) is 37.0 Å². The van der Waals surface area contributed by atoms with Crippen LogP contribution in [0.4, 0.5) is 8.78 Å². The van der Waals surface area contributed by atoms with Crippen molar-refractivity contribution >= 4 is 11.9 Å². The van der Waals surface area contributed by atoms with Crippen molar-refractivity contribution in [1.29, 1.82) is 0 Å². The Labute approximate surface area is 127 Å². The number of allylic oxidation sites excluding steroid dienone is 2. The van der Waals surface area contributed by atoms with Crippen LogP contribution in [0.25, 0.3) is 0 Å².